The van der Waals surface area contributed by atoms with Crippen LogP contribution >= 0.6 is 0 Å². The lowest BCUT2D eigenvalue weighted by molar-refractivity contribution is -0.384. The Hall–Kier alpha value is -2.99. The number of alkyl halides is 2. The minimum Gasteiger partial charge on any atom is -0.493 e. The Kier molecular flexibility index (Phi) is 6.13. The predicted molar refractivity (Wildman–Crippen MR) is 91.4 cm³/mol. The third kappa shape index (κ3) is 5.24. The van der Waals surface area contributed by atoms with Gasteiger partial charge in [-0.3, -0.25) is 10.1 Å². The highest BCUT2D eigenvalue weighted by Crippen LogP contribution is 2.31. The molecule has 0 saturated carbocycles. The molecule has 0 atom stereocenters. The summed E-state index contributed by atoms with van der Waals surface area (Å²) in [6, 6.07) is 7.36. The standard InChI is InChI=1S/C15H15F2N3O6S/c1-25-14-6-9(2-5-13(14)26-15(16)17)8-19-11-4-3-10(27(18,23)24)7-12(11)20(21)22/h2-7,15,19H,8H2,1H3,(H2,18,23,24). The van der Waals surface area contributed by atoms with Crippen LogP contribution in [0.15, 0.2) is 41.3 Å². The van der Waals surface area contributed by atoms with E-state index in [0.29, 0.717) is 5.56 Å². The monoisotopic (exact) mass is 403 g/mol. The second-order valence-corrected chi connectivity index (χ2v) is 6.76. The molecular weight excluding hydrogens is 388 g/mol. The Morgan fingerprint density at radius 2 is 1.93 bits per heavy atom. The van der Waals surface area contributed by atoms with Crippen LogP contribution in [0.4, 0.5) is 20.2 Å². The predicted octanol–water partition coefficient (Wildman–Crippen LogP) is 2.46. The molecule has 0 bridgehead atoms. The highest BCUT2D eigenvalue weighted by Gasteiger charge is 2.19. The molecule has 2 aromatic carbocycles. The number of rotatable bonds is 8. The zero-order valence-electron chi connectivity index (χ0n) is 13.9. The van der Waals surface area contributed by atoms with Crippen LogP contribution in [-0.2, 0) is 16.6 Å². The van der Waals surface area contributed by atoms with Crippen LogP contribution in [0.25, 0.3) is 0 Å². The summed E-state index contributed by atoms with van der Waals surface area (Å²) < 4.78 is 56.6. The van der Waals surface area contributed by atoms with Crippen molar-refractivity contribution in [1.29, 1.82) is 0 Å². The van der Waals surface area contributed by atoms with Gasteiger partial charge in [0.15, 0.2) is 11.5 Å². The van der Waals surface area contributed by atoms with E-state index < -0.39 is 32.1 Å². The molecule has 0 aromatic heterocycles. The van der Waals surface area contributed by atoms with E-state index in [1.54, 1.807) is 0 Å². The van der Waals surface area contributed by atoms with Gasteiger partial charge in [-0.15, -0.1) is 0 Å². The van der Waals surface area contributed by atoms with Gasteiger partial charge >= 0.3 is 6.61 Å². The van der Waals surface area contributed by atoms with Gasteiger partial charge < -0.3 is 14.8 Å². The first kappa shape index (κ1) is 20.3. The van der Waals surface area contributed by atoms with Crippen molar-refractivity contribution < 1.29 is 31.6 Å². The van der Waals surface area contributed by atoms with E-state index in [0.717, 1.165) is 12.1 Å². The number of hydrogen-bond donors (Lipinski definition) is 2. The molecule has 0 aliphatic heterocycles. The van der Waals surface area contributed by atoms with Gasteiger partial charge in [0.2, 0.25) is 10.0 Å². The van der Waals surface area contributed by atoms with E-state index in [2.05, 4.69) is 10.1 Å². The largest absolute Gasteiger partial charge is 0.493 e. The van der Waals surface area contributed by atoms with Gasteiger partial charge in [0.1, 0.15) is 5.69 Å². The van der Waals surface area contributed by atoms with Crippen LogP contribution in [0.3, 0.4) is 0 Å². The van der Waals surface area contributed by atoms with E-state index in [1.165, 1.54) is 31.4 Å². The fourth-order valence-electron chi connectivity index (χ4n) is 2.20. The molecule has 0 spiro atoms. The number of halogens is 2. The van der Waals surface area contributed by atoms with E-state index >= 15 is 0 Å². The summed E-state index contributed by atoms with van der Waals surface area (Å²) >= 11 is 0. The molecule has 27 heavy (non-hydrogen) atoms. The summed E-state index contributed by atoms with van der Waals surface area (Å²) in [6.07, 6.45) is 0. The fraction of sp³-hybridized carbons (Fsp3) is 0.200. The van der Waals surface area contributed by atoms with Crippen LogP contribution in [0.1, 0.15) is 5.56 Å². The molecule has 0 fully saturated rings. The van der Waals surface area contributed by atoms with E-state index in [4.69, 9.17) is 9.88 Å². The molecule has 0 saturated heterocycles. The molecule has 0 radical (unpaired) electrons. The molecule has 9 nitrogen and oxygen atoms in total. The zero-order chi connectivity index (χ0) is 20.2. The summed E-state index contributed by atoms with van der Waals surface area (Å²) in [4.78, 5) is 10.0. The normalized spacial score (nSPS) is 11.3. The van der Waals surface area contributed by atoms with E-state index in [-0.39, 0.29) is 23.7 Å². The lowest BCUT2D eigenvalue weighted by atomic mass is 10.2. The average molecular weight is 403 g/mol. The number of nitrogens with one attached hydrogen (secondary N) is 1. The third-order valence-electron chi connectivity index (χ3n) is 3.42. The number of methoxy groups -OCH3 is 1. The zero-order valence-corrected chi connectivity index (χ0v) is 14.7. The Labute approximate surface area is 152 Å². The van der Waals surface area contributed by atoms with Crippen molar-refractivity contribution >= 4 is 21.4 Å². The molecular formula is C15H15F2N3O6S. The number of anilines is 1. The summed E-state index contributed by atoms with van der Waals surface area (Å²) in [5, 5.41) is 18.9. The minimum absolute atomic E-state index is 0.0549. The van der Waals surface area contributed by atoms with Crippen molar-refractivity contribution in [3.63, 3.8) is 0 Å². The van der Waals surface area contributed by atoms with Crippen molar-refractivity contribution in [2.75, 3.05) is 12.4 Å². The fourth-order valence-corrected chi connectivity index (χ4v) is 2.74. The molecule has 12 heteroatoms. The summed E-state index contributed by atoms with van der Waals surface area (Å²) in [5.41, 5.74) is 0.128. The highest BCUT2D eigenvalue weighted by atomic mass is 32.2. The summed E-state index contributed by atoms with van der Waals surface area (Å²) in [6.45, 7) is -2.94. The molecule has 3 N–H and O–H groups in total. The Morgan fingerprint density at radius 1 is 1.22 bits per heavy atom. The Bertz CT molecular complexity index is 953. The number of primary sulfonamides is 1. The van der Waals surface area contributed by atoms with Crippen molar-refractivity contribution in [2.45, 2.75) is 18.1 Å². The van der Waals surface area contributed by atoms with Gasteiger partial charge in [-0.2, -0.15) is 8.78 Å². The first-order valence-corrected chi connectivity index (χ1v) is 8.83. The number of nitrogens with two attached hydrogens (primary N) is 1. The van der Waals surface area contributed by atoms with Gasteiger partial charge in [0, 0.05) is 12.6 Å². The maximum Gasteiger partial charge on any atom is 0.387 e. The van der Waals surface area contributed by atoms with Crippen LogP contribution in [-0.4, -0.2) is 27.1 Å². The SMILES string of the molecule is COc1cc(CNc2ccc(S(N)(=O)=O)cc2[N+](=O)[O-])ccc1OC(F)F. The second kappa shape index (κ2) is 8.14. The molecule has 0 amide bonds. The first-order chi connectivity index (χ1) is 12.6. The maximum absolute atomic E-state index is 12.3. The highest BCUT2D eigenvalue weighted by molar-refractivity contribution is 7.89. The van der Waals surface area contributed by atoms with Crippen LogP contribution < -0.4 is 19.9 Å². The molecule has 0 aliphatic carbocycles. The molecule has 0 aliphatic rings. The van der Waals surface area contributed by atoms with E-state index in [9.17, 15) is 27.3 Å². The number of sulfonamides is 1. The van der Waals surface area contributed by atoms with Crippen molar-refractivity contribution in [3.8, 4) is 11.5 Å². The van der Waals surface area contributed by atoms with Crippen LogP contribution in [0.2, 0.25) is 0 Å². The van der Waals surface area contributed by atoms with Crippen LogP contribution in [0.5, 0.6) is 11.5 Å². The minimum atomic E-state index is -4.09. The van der Waals surface area contributed by atoms with Gasteiger partial charge in [-0.05, 0) is 29.8 Å². The van der Waals surface area contributed by atoms with E-state index in [1.807, 2.05) is 0 Å². The molecule has 2 aromatic rings. The van der Waals surface area contributed by atoms with Gasteiger partial charge in [-0.25, -0.2) is 13.6 Å². The van der Waals surface area contributed by atoms with Crippen molar-refractivity contribution in [1.82, 2.24) is 0 Å². The van der Waals surface area contributed by atoms with Gasteiger partial charge in [0.05, 0.1) is 16.9 Å². The molecule has 2 rings (SSSR count). The third-order valence-corrected chi connectivity index (χ3v) is 4.33. The number of benzene rings is 2. The lowest BCUT2D eigenvalue weighted by Gasteiger charge is -2.12. The Balaban J connectivity index is 2.24. The maximum atomic E-state index is 12.3. The number of nitro groups is 1. The van der Waals surface area contributed by atoms with Crippen molar-refractivity contribution in [2.24, 2.45) is 5.14 Å². The van der Waals surface area contributed by atoms with Gasteiger partial charge in [-0.1, -0.05) is 6.07 Å². The summed E-state index contributed by atoms with van der Waals surface area (Å²) in [7, 11) is -2.81. The molecule has 0 unspecified atom stereocenters. The smallest absolute Gasteiger partial charge is 0.387 e. The van der Waals surface area contributed by atoms with Crippen molar-refractivity contribution in [3.05, 3.63) is 52.1 Å². The average Bonchev–Trinajstić information content (AvgIpc) is 2.59. The molecule has 0 heterocycles. The quantitative estimate of drug-likeness (QED) is 0.511. The first-order valence-electron chi connectivity index (χ1n) is 7.28. The number of nitrogens with zero attached hydrogens (tertiary/aromatic N) is 1. The second-order valence-electron chi connectivity index (χ2n) is 5.20. The number of nitro benzene ring substituents is 1. The van der Waals surface area contributed by atoms with Crippen LogP contribution in [0, 0.1) is 10.1 Å². The molecule has 146 valence electrons. The number of hydrogen-bond acceptors (Lipinski definition) is 7. The van der Waals surface area contributed by atoms with Gasteiger partial charge in [0.25, 0.3) is 5.69 Å². The topological polar surface area (TPSA) is 134 Å². The number of ether oxygens (including phenoxy) is 2. The summed E-state index contributed by atoms with van der Waals surface area (Å²) in [5.74, 6) is -0.0894. The lowest BCUT2D eigenvalue weighted by Crippen LogP contribution is -2.13. The Morgan fingerprint density at radius 3 is 2.48 bits per heavy atom.